The fraction of sp³-hybridized carbons (Fsp3) is 0.500. The van der Waals surface area contributed by atoms with Gasteiger partial charge in [0, 0.05) is 13.0 Å². The van der Waals surface area contributed by atoms with Crippen LogP contribution in [0.1, 0.15) is 24.4 Å². The average Bonchev–Trinajstić information content (AvgIpc) is 2.98. The summed E-state index contributed by atoms with van der Waals surface area (Å²) in [6.45, 7) is 4.81. The summed E-state index contributed by atoms with van der Waals surface area (Å²) in [7, 11) is -1.76. The maximum Gasteiger partial charge on any atom is 0.273 e. The van der Waals surface area contributed by atoms with Crippen LogP contribution in [0.15, 0.2) is 15.7 Å². The minimum absolute atomic E-state index is 0.286. The number of nitrogens with one attached hydrogen (secondary N) is 2. The normalized spacial score (nSPS) is 12.0. The third kappa shape index (κ3) is 4.47. The Morgan fingerprint density at radius 3 is 2.76 bits per heavy atom. The number of hydrogen-bond donors (Lipinski definition) is 2. The smallest absolute Gasteiger partial charge is 0.273 e. The topological polar surface area (TPSA) is 84.0 Å². The zero-order valence-electron chi connectivity index (χ0n) is 12.1. The van der Waals surface area contributed by atoms with Gasteiger partial charge in [-0.2, -0.15) is 0 Å². The molecular formula is C12H18N4O2S3. The summed E-state index contributed by atoms with van der Waals surface area (Å²) >= 11 is 2.48. The highest BCUT2D eigenvalue weighted by atomic mass is 32.2. The predicted octanol–water partition coefficient (Wildman–Crippen LogP) is 2.32. The van der Waals surface area contributed by atoms with Crippen LogP contribution in [0, 0.1) is 5.92 Å². The van der Waals surface area contributed by atoms with Crippen LogP contribution in [0.5, 0.6) is 0 Å². The lowest BCUT2D eigenvalue weighted by molar-refractivity contribution is 0.603. The molecule has 2 heterocycles. The van der Waals surface area contributed by atoms with E-state index in [0.29, 0.717) is 17.6 Å². The van der Waals surface area contributed by atoms with E-state index < -0.39 is 10.0 Å². The summed E-state index contributed by atoms with van der Waals surface area (Å²) in [6.07, 6.45) is 0.796. The minimum Gasteiger partial charge on any atom is -0.316 e. The largest absolute Gasteiger partial charge is 0.316 e. The number of nitrogens with zero attached hydrogens (tertiary/aromatic N) is 2. The van der Waals surface area contributed by atoms with Crippen LogP contribution >= 0.6 is 22.7 Å². The van der Waals surface area contributed by atoms with Crippen molar-refractivity contribution >= 4 is 37.8 Å². The maximum atomic E-state index is 12.3. The van der Waals surface area contributed by atoms with Gasteiger partial charge in [-0.15, -0.1) is 21.5 Å². The van der Waals surface area contributed by atoms with Crippen molar-refractivity contribution in [2.45, 2.75) is 31.0 Å². The van der Waals surface area contributed by atoms with Gasteiger partial charge in [-0.05, 0) is 30.0 Å². The summed E-state index contributed by atoms with van der Waals surface area (Å²) in [5, 5.41) is 13.9. The van der Waals surface area contributed by atoms with E-state index >= 15 is 0 Å². The summed E-state index contributed by atoms with van der Waals surface area (Å²) in [5.41, 5.74) is 0.945. The maximum absolute atomic E-state index is 12.3. The molecule has 2 aromatic rings. The summed E-state index contributed by atoms with van der Waals surface area (Å²) in [4.78, 5) is 0. The molecule has 21 heavy (non-hydrogen) atoms. The molecule has 0 aliphatic carbocycles. The van der Waals surface area contributed by atoms with Gasteiger partial charge in [-0.25, -0.2) is 8.42 Å². The Balaban J connectivity index is 2.11. The molecule has 0 saturated heterocycles. The molecule has 0 amide bonds. The van der Waals surface area contributed by atoms with Crippen LogP contribution in [-0.4, -0.2) is 25.7 Å². The van der Waals surface area contributed by atoms with Crippen molar-refractivity contribution in [1.29, 1.82) is 0 Å². The standard InChI is InChI=1S/C12H18N4O2S3/c1-8(2)4-10-14-15-12(20-10)16-21(17,18)11-5-9(6-13-3)7-19-11/h5,7-8,13H,4,6H2,1-3H3,(H,15,16). The zero-order valence-corrected chi connectivity index (χ0v) is 14.5. The molecule has 0 radical (unpaired) electrons. The quantitative estimate of drug-likeness (QED) is 0.804. The van der Waals surface area contributed by atoms with Gasteiger partial charge in [0.15, 0.2) is 0 Å². The molecule has 6 nitrogen and oxygen atoms in total. The lowest BCUT2D eigenvalue weighted by Gasteiger charge is -2.01. The molecule has 0 saturated carbocycles. The summed E-state index contributed by atoms with van der Waals surface area (Å²) < 4.78 is 27.3. The van der Waals surface area contributed by atoms with Crippen LogP contribution in [0.3, 0.4) is 0 Å². The molecule has 0 aliphatic rings. The second kappa shape index (κ2) is 6.82. The molecule has 2 N–H and O–H groups in total. The monoisotopic (exact) mass is 346 g/mol. The van der Waals surface area contributed by atoms with E-state index in [1.54, 1.807) is 6.07 Å². The Labute approximate surface area is 132 Å². The average molecular weight is 347 g/mol. The molecule has 0 aliphatic heterocycles. The number of sulfonamides is 1. The second-order valence-electron chi connectivity index (χ2n) is 5.01. The Kier molecular flexibility index (Phi) is 5.31. The lowest BCUT2D eigenvalue weighted by atomic mass is 10.1. The first kappa shape index (κ1) is 16.3. The molecule has 0 bridgehead atoms. The van der Waals surface area contributed by atoms with Crippen LogP contribution < -0.4 is 10.0 Å². The van der Waals surface area contributed by atoms with E-state index in [4.69, 9.17) is 0 Å². The Morgan fingerprint density at radius 1 is 1.33 bits per heavy atom. The molecule has 0 unspecified atom stereocenters. The van der Waals surface area contributed by atoms with Gasteiger partial charge in [0.05, 0.1) is 0 Å². The van der Waals surface area contributed by atoms with Crippen molar-refractivity contribution in [2.24, 2.45) is 5.92 Å². The van der Waals surface area contributed by atoms with Gasteiger partial charge in [-0.3, -0.25) is 4.72 Å². The molecule has 0 fully saturated rings. The van der Waals surface area contributed by atoms with Gasteiger partial charge in [0.25, 0.3) is 10.0 Å². The summed E-state index contributed by atoms with van der Waals surface area (Å²) in [5.74, 6) is 0.462. The zero-order chi connectivity index (χ0) is 15.5. The Bertz CT molecular complexity index is 691. The highest BCUT2D eigenvalue weighted by molar-refractivity contribution is 7.94. The number of aromatic nitrogens is 2. The first-order valence-electron chi connectivity index (χ1n) is 6.48. The first-order valence-corrected chi connectivity index (χ1v) is 9.66. The molecule has 9 heteroatoms. The van der Waals surface area contributed by atoms with Gasteiger partial charge < -0.3 is 5.32 Å². The van der Waals surface area contributed by atoms with Crippen LogP contribution in [0.25, 0.3) is 0 Å². The van der Waals surface area contributed by atoms with Crippen molar-refractivity contribution in [1.82, 2.24) is 15.5 Å². The van der Waals surface area contributed by atoms with Crippen LogP contribution in [0.2, 0.25) is 0 Å². The Hall–Kier alpha value is -1.03. The van der Waals surface area contributed by atoms with Gasteiger partial charge in [0.2, 0.25) is 5.13 Å². The van der Waals surface area contributed by atoms with Crippen molar-refractivity contribution in [3.63, 3.8) is 0 Å². The van der Waals surface area contributed by atoms with E-state index in [-0.39, 0.29) is 4.21 Å². The molecule has 0 aromatic carbocycles. The van der Waals surface area contributed by atoms with Crippen molar-refractivity contribution in [3.05, 3.63) is 22.0 Å². The molecule has 2 aromatic heterocycles. The molecule has 0 spiro atoms. The third-order valence-corrected chi connectivity index (χ3v) is 6.36. The van der Waals surface area contributed by atoms with E-state index in [1.807, 2.05) is 12.4 Å². The lowest BCUT2D eigenvalue weighted by Crippen LogP contribution is -2.11. The Morgan fingerprint density at radius 2 is 2.10 bits per heavy atom. The predicted molar refractivity (Wildman–Crippen MR) is 86.3 cm³/mol. The minimum atomic E-state index is -3.58. The fourth-order valence-electron chi connectivity index (χ4n) is 1.68. The van der Waals surface area contributed by atoms with E-state index in [9.17, 15) is 8.42 Å². The highest BCUT2D eigenvalue weighted by Gasteiger charge is 2.19. The number of hydrogen-bond acceptors (Lipinski definition) is 7. The van der Waals surface area contributed by atoms with Crippen molar-refractivity contribution < 1.29 is 8.42 Å². The van der Waals surface area contributed by atoms with E-state index in [2.05, 4.69) is 34.1 Å². The van der Waals surface area contributed by atoms with Crippen molar-refractivity contribution in [3.8, 4) is 0 Å². The van der Waals surface area contributed by atoms with Gasteiger partial charge in [0.1, 0.15) is 9.22 Å². The van der Waals surface area contributed by atoms with Crippen LogP contribution in [-0.2, 0) is 23.0 Å². The second-order valence-corrected chi connectivity index (χ2v) is 8.89. The van der Waals surface area contributed by atoms with Crippen molar-refractivity contribution in [2.75, 3.05) is 11.8 Å². The van der Waals surface area contributed by atoms with E-state index in [0.717, 1.165) is 17.0 Å². The fourth-order valence-corrected chi connectivity index (χ4v) is 5.07. The third-order valence-electron chi connectivity index (χ3n) is 2.55. The molecular weight excluding hydrogens is 328 g/mol. The van der Waals surface area contributed by atoms with Crippen LogP contribution in [0.4, 0.5) is 5.13 Å². The number of thiophene rings is 1. The van der Waals surface area contributed by atoms with E-state index in [1.165, 1.54) is 22.7 Å². The number of rotatable bonds is 7. The molecule has 116 valence electrons. The summed E-state index contributed by atoms with van der Waals surface area (Å²) in [6, 6.07) is 1.67. The SMILES string of the molecule is CNCc1csc(S(=O)(=O)Nc2nnc(CC(C)C)s2)c1. The number of anilines is 1. The first-order chi connectivity index (χ1) is 9.90. The van der Waals surface area contributed by atoms with Gasteiger partial charge in [-0.1, -0.05) is 25.2 Å². The molecule has 2 rings (SSSR count). The highest BCUT2D eigenvalue weighted by Crippen LogP contribution is 2.25. The van der Waals surface area contributed by atoms with Gasteiger partial charge >= 0.3 is 0 Å². The molecule has 0 atom stereocenters.